The van der Waals surface area contributed by atoms with E-state index in [1.54, 1.807) is 0 Å². The number of hydrogen-bond acceptors (Lipinski definition) is 16. The van der Waals surface area contributed by atoms with Crippen LogP contribution in [0.2, 0.25) is 0 Å². The van der Waals surface area contributed by atoms with Gasteiger partial charge in [0.05, 0.1) is 19.8 Å². The molecule has 0 bridgehead atoms. The van der Waals surface area contributed by atoms with Crippen molar-refractivity contribution in [2.24, 2.45) is 0 Å². The van der Waals surface area contributed by atoms with Gasteiger partial charge in [-0.2, -0.15) is 0 Å². The Labute approximate surface area is 316 Å². The molecule has 4 N–H and O–H groups in total. The normalized spacial score (nSPS) is 29.2. The van der Waals surface area contributed by atoms with Crippen LogP contribution < -0.4 is 59.1 Å². The molecule has 0 radical (unpaired) electrons. The zero-order valence-electron chi connectivity index (χ0n) is 27.0. The van der Waals surface area contributed by atoms with Crippen LogP contribution in [0.15, 0.2) is 0 Å². The molecular weight excluding hydrogens is 678 g/mol. The number of unbranched alkanes of at least 4 members (excludes halogenated alkanes) is 11. The van der Waals surface area contributed by atoms with Crippen LogP contribution in [-0.2, 0) is 48.1 Å². The Morgan fingerprint density at radius 1 is 0.804 bits per heavy atom. The standard InChI is InChI=1S/C26H50O16S2.2Na/c1-2-3-4-5-6-7-8-9-10-11-12-13-14-37-16-18(28)23-24(20(17-38-23)41-43(31,32)33)40-26-22(30)25(42-44(34,35)36)21(29)19(15-27)39-26;;/h18-30H,2-17H2,1H3,(H,31,32,33)(H,34,35,36);;/q;2*+1/p-2/t18-,19+,20+,21-,22+,23+,24-,25-,26-;;/m0../s1. The Hall–Kier alpha value is 1.42. The predicted molar refractivity (Wildman–Crippen MR) is 149 cm³/mol. The van der Waals surface area contributed by atoms with Crippen LogP contribution >= 0.6 is 0 Å². The summed E-state index contributed by atoms with van der Waals surface area (Å²) in [7, 11) is -10.7. The second kappa shape index (κ2) is 24.6. The van der Waals surface area contributed by atoms with Crippen molar-refractivity contribution in [3.8, 4) is 0 Å². The van der Waals surface area contributed by atoms with Crippen molar-refractivity contribution in [3.63, 3.8) is 0 Å². The van der Waals surface area contributed by atoms with Crippen LogP contribution in [0, 0.1) is 0 Å². The summed E-state index contributed by atoms with van der Waals surface area (Å²) in [5.41, 5.74) is 0. The monoisotopic (exact) mass is 726 g/mol. The third-order valence-electron chi connectivity index (χ3n) is 7.54. The number of aliphatic hydroxyl groups excluding tert-OH is 4. The average Bonchev–Trinajstić information content (AvgIpc) is 3.32. The molecule has 16 nitrogen and oxygen atoms in total. The van der Waals surface area contributed by atoms with E-state index < -0.39 is 89.1 Å². The first-order chi connectivity index (χ1) is 20.8. The minimum Gasteiger partial charge on any atom is -0.726 e. The third-order valence-corrected chi connectivity index (χ3v) is 8.48. The van der Waals surface area contributed by atoms with Crippen molar-refractivity contribution in [1.29, 1.82) is 0 Å². The van der Waals surface area contributed by atoms with Crippen molar-refractivity contribution in [2.75, 3.05) is 26.4 Å². The van der Waals surface area contributed by atoms with E-state index in [1.165, 1.54) is 51.4 Å². The van der Waals surface area contributed by atoms with Crippen LogP contribution in [-0.4, -0.2) is 128 Å². The first-order valence-electron chi connectivity index (χ1n) is 15.2. The van der Waals surface area contributed by atoms with Crippen molar-refractivity contribution in [2.45, 2.75) is 139 Å². The molecule has 2 aliphatic heterocycles. The molecular formula is C26H48Na2O16S2. The topological polar surface area (TPSA) is 251 Å². The summed E-state index contributed by atoms with van der Waals surface area (Å²) in [6.45, 7) is 0.781. The van der Waals surface area contributed by atoms with Crippen LogP contribution in [0.25, 0.3) is 0 Å². The molecule has 0 aromatic heterocycles. The van der Waals surface area contributed by atoms with E-state index in [9.17, 15) is 46.4 Å². The predicted octanol–water partition coefficient (Wildman–Crippen LogP) is -6.01. The maximum absolute atomic E-state index is 11.3. The fraction of sp³-hybridized carbons (Fsp3) is 1.00. The molecule has 2 aliphatic rings. The third kappa shape index (κ3) is 18.1. The van der Waals surface area contributed by atoms with Gasteiger partial charge in [0.15, 0.2) is 6.29 Å². The summed E-state index contributed by atoms with van der Waals surface area (Å²) >= 11 is 0. The molecule has 0 aromatic carbocycles. The Kier molecular flexibility index (Phi) is 25.3. The molecule has 0 unspecified atom stereocenters. The van der Waals surface area contributed by atoms with Crippen molar-refractivity contribution < 1.29 is 133 Å². The van der Waals surface area contributed by atoms with Crippen molar-refractivity contribution >= 4 is 20.8 Å². The van der Waals surface area contributed by atoms with Gasteiger partial charge >= 0.3 is 59.1 Å². The maximum Gasteiger partial charge on any atom is 1.00 e. The van der Waals surface area contributed by atoms with E-state index in [4.69, 9.17) is 18.9 Å². The smallest absolute Gasteiger partial charge is 0.726 e. The molecule has 0 amide bonds. The summed E-state index contributed by atoms with van der Waals surface area (Å²) < 4.78 is 97.7. The van der Waals surface area contributed by atoms with Crippen LogP contribution in [0.1, 0.15) is 84.0 Å². The SMILES string of the molecule is CCCCCCCCCCCCCCOC[C@H](O)[C@H]1OC[C@@H](OS(=O)(=O)[O-])[C@@H]1O[C@@H]1O[C@H](CO)[C@H](O)[C@H](OS(=O)(=O)[O-])[C@H]1O.[Na+].[Na+]. The quantitative estimate of drug-likeness (QED) is 0.0331. The Morgan fingerprint density at radius 3 is 1.83 bits per heavy atom. The minimum absolute atomic E-state index is 0. The summed E-state index contributed by atoms with van der Waals surface area (Å²) in [4.78, 5) is 0. The first-order valence-corrected chi connectivity index (χ1v) is 17.9. The van der Waals surface area contributed by atoms with Gasteiger partial charge in [0.1, 0.15) is 48.8 Å². The maximum atomic E-state index is 11.3. The average molecular weight is 727 g/mol. The Morgan fingerprint density at radius 2 is 1.33 bits per heavy atom. The summed E-state index contributed by atoms with van der Waals surface area (Å²) in [6.07, 6.45) is -1.91. The Balaban J connectivity index is 0.0000101. The van der Waals surface area contributed by atoms with E-state index in [0.717, 1.165) is 25.7 Å². The Bertz CT molecular complexity index is 1010. The van der Waals surface area contributed by atoms with Crippen LogP contribution in [0.3, 0.4) is 0 Å². The number of hydrogen-bond donors (Lipinski definition) is 4. The fourth-order valence-corrected chi connectivity index (χ4v) is 6.22. The molecule has 2 rings (SSSR count). The van der Waals surface area contributed by atoms with Gasteiger partial charge in [-0.1, -0.05) is 77.6 Å². The minimum atomic E-state index is -5.45. The van der Waals surface area contributed by atoms with Gasteiger partial charge in [0, 0.05) is 6.61 Å². The molecule has 2 fully saturated rings. The zero-order chi connectivity index (χ0) is 32.8. The van der Waals surface area contributed by atoms with Gasteiger partial charge in [-0.15, -0.1) is 0 Å². The molecule has 0 aliphatic carbocycles. The van der Waals surface area contributed by atoms with Gasteiger partial charge in [0.2, 0.25) is 20.8 Å². The van der Waals surface area contributed by atoms with Gasteiger partial charge in [-0.05, 0) is 6.42 Å². The largest absolute Gasteiger partial charge is 1.00 e. The summed E-state index contributed by atoms with van der Waals surface area (Å²) in [6, 6.07) is 0. The van der Waals surface area contributed by atoms with Crippen molar-refractivity contribution in [3.05, 3.63) is 0 Å². The molecule has 0 spiro atoms. The molecule has 2 heterocycles. The van der Waals surface area contributed by atoms with E-state index in [2.05, 4.69) is 15.3 Å². The van der Waals surface area contributed by atoms with Gasteiger partial charge < -0.3 is 48.5 Å². The van der Waals surface area contributed by atoms with Crippen LogP contribution in [0.5, 0.6) is 0 Å². The van der Waals surface area contributed by atoms with E-state index in [0.29, 0.717) is 6.61 Å². The van der Waals surface area contributed by atoms with Crippen LogP contribution in [0.4, 0.5) is 0 Å². The molecule has 0 saturated carbocycles. The first kappa shape index (κ1) is 47.4. The zero-order valence-corrected chi connectivity index (χ0v) is 32.6. The molecule has 9 atom stereocenters. The summed E-state index contributed by atoms with van der Waals surface area (Å²) in [5.74, 6) is 0. The molecule has 262 valence electrons. The van der Waals surface area contributed by atoms with E-state index in [-0.39, 0.29) is 65.7 Å². The van der Waals surface area contributed by atoms with Gasteiger partial charge in [0.25, 0.3) is 0 Å². The fourth-order valence-electron chi connectivity index (χ4n) is 5.25. The molecule has 46 heavy (non-hydrogen) atoms. The second-order valence-corrected chi connectivity index (χ2v) is 13.2. The second-order valence-electron chi connectivity index (χ2n) is 11.1. The molecule has 2 saturated heterocycles. The molecule has 20 heteroatoms. The summed E-state index contributed by atoms with van der Waals surface area (Å²) in [5, 5.41) is 41.0. The van der Waals surface area contributed by atoms with Crippen molar-refractivity contribution in [1.82, 2.24) is 0 Å². The van der Waals surface area contributed by atoms with E-state index >= 15 is 0 Å². The van der Waals surface area contributed by atoms with E-state index in [1.807, 2.05) is 0 Å². The number of ether oxygens (including phenoxy) is 4. The van der Waals surface area contributed by atoms with Gasteiger partial charge in [-0.3, -0.25) is 8.37 Å². The molecule has 0 aromatic rings. The number of aliphatic hydroxyl groups is 4. The van der Waals surface area contributed by atoms with Gasteiger partial charge in [-0.25, -0.2) is 16.8 Å². The number of rotatable bonds is 23.